The zero-order chi connectivity index (χ0) is 15.2. The quantitative estimate of drug-likeness (QED) is 0.805. The van der Waals surface area contributed by atoms with Crippen LogP contribution in [0.4, 0.5) is 0 Å². The van der Waals surface area contributed by atoms with Crippen molar-refractivity contribution in [2.75, 3.05) is 6.54 Å². The van der Waals surface area contributed by atoms with Crippen LogP contribution in [0.25, 0.3) is 0 Å². The maximum Gasteiger partial charge on any atom is 0.120 e. The van der Waals surface area contributed by atoms with Gasteiger partial charge in [-0.15, -0.1) is 0 Å². The first kappa shape index (κ1) is 15.9. The maximum absolute atomic E-state index is 5.98. The van der Waals surface area contributed by atoms with Gasteiger partial charge in [-0.1, -0.05) is 20.8 Å². The molecule has 21 heavy (non-hydrogen) atoms. The summed E-state index contributed by atoms with van der Waals surface area (Å²) in [6.45, 7) is 11.9. The number of furan rings is 2. The van der Waals surface area contributed by atoms with Gasteiger partial charge in [0.2, 0.25) is 0 Å². The molecule has 1 N–H and O–H groups in total. The highest BCUT2D eigenvalue weighted by atomic mass is 16.3. The molecule has 0 saturated carbocycles. The minimum atomic E-state index is 0.462. The average molecular weight is 290 g/mol. The molecular formula is C17H26N2O2. The molecule has 0 radical (unpaired) electrons. The lowest BCUT2D eigenvalue weighted by Crippen LogP contribution is -2.22. The Morgan fingerprint density at radius 2 is 2.00 bits per heavy atom. The summed E-state index contributed by atoms with van der Waals surface area (Å²) in [5, 5.41) is 3.40. The largest absolute Gasteiger partial charge is 0.468 e. The first-order valence-electron chi connectivity index (χ1n) is 7.64. The molecule has 0 spiro atoms. The van der Waals surface area contributed by atoms with Crippen molar-refractivity contribution in [3.63, 3.8) is 0 Å². The molecule has 2 heterocycles. The van der Waals surface area contributed by atoms with Crippen LogP contribution >= 0.6 is 0 Å². The third-order valence-corrected chi connectivity index (χ3v) is 3.53. The van der Waals surface area contributed by atoms with E-state index in [9.17, 15) is 0 Å². The molecule has 0 atom stereocenters. The van der Waals surface area contributed by atoms with E-state index in [1.54, 1.807) is 6.26 Å². The molecule has 0 aliphatic heterocycles. The Morgan fingerprint density at radius 1 is 1.24 bits per heavy atom. The lowest BCUT2D eigenvalue weighted by atomic mass is 10.2. The van der Waals surface area contributed by atoms with Gasteiger partial charge >= 0.3 is 0 Å². The van der Waals surface area contributed by atoms with Crippen molar-refractivity contribution in [3.8, 4) is 0 Å². The van der Waals surface area contributed by atoms with Gasteiger partial charge in [0, 0.05) is 6.04 Å². The smallest absolute Gasteiger partial charge is 0.120 e. The fourth-order valence-corrected chi connectivity index (χ4v) is 2.26. The van der Waals surface area contributed by atoms with Crippen LogP contribution in [0.15, 0.2) is 33.3 Å². The van der Waals surface area contributed by atoms with Crippen LogP contribution in [0.3, 0.4) is 0 Å². The summed E-state index contributed by atoms with van der Waals surface area (Å²) in [6, 6.07) is 6.54. The molecule has 0 saturated heterocycles. The zero-order valence-corrected chi connectivity index (χ0v) is 13.5. The molecule has 116 valence electrons. The number of nitrogens with zero attached hydrogens (tertiary/aromatic N) is 1. The van der Waals surface area contributed by atoms with Crippen LogP contribution in [0.5, 0.6) is 0 Å². The summed E-state index contributed by atoms with van der Waals surface area (Å²) in [7, 11) is 0. The Hall–Kier alpha value is -1.52. The summed E-state index contributed by atoms with van der Waals surface area (Å²) in [6.07, 6.45) is 1.72. The molecule has 0 unspecified atom stereocenters. The van der Waals surface area contributed by atoms with E-state index in [2.05, 4.69) is 44.0 Å². The van der Waals surface area contributed by atoms with E-state index in [0.717, 1.165) is 43.5 Å². The fourth-order valence-electron chi connectivity index (χ4n) is 2.26. The van der Waals surface area contributed by atoms with Crippen LogP contribution in [0.2, 0.25) is 0 Å². The Bertz CT molecular complexity index is 529. The standard InChI is InChI=1S/C17H26N2O2/c1-5-19(11-15-7-6-8-20-15)12-16-9-14(4)17(21-16)10-18-13(2)3/h6-9,13,18H,5,10-12H2,1-4H3. The van der Waals surface area contributed by atoms with Gasteiger partial charge in [-0.25, -0.2) is 0 Å². The van der Waals surface area contributed by atoms with Gasteiger partial charge in [0.05, 0.1) is 25.9 Å². The minimum absolute atomic E-state index is 0.462. The molecule has 4 nitrogen and oxygen atoms in total. The molecule has 0 aliphatic carbocycles. The van der Waals surface area contributed by atoms with E-state index >= 15 is 0 Å². The highest BCUT2D eigenvalue weighted by Crippen LogP contribution is 2.17. The number of hydrogen-bond donors (Lipinski definition) is 1. The van der Waals surface area contributed by atoms with Gasteiger partial charge in [-0.05, 0) is 37.2 Å². The number of hydrogen-bond acceptors (Lipinski definition) is 4. The number of aryl methyl sites for hydroxylation is 1. The summed E-state index contributed by atoms with van der Waals surface area (Å²) >= 11 is 0. The van der Waals surface area contributed by atoms with E-state index < -0.39 is 0 Å². The topological polar surface area (TPSA) is 41.6 Å². The number of rotatable bonds is 8. The van der Waals surface area contributed by atoms with Crippen LogP contribution in [0, 0.1) is 6.92 Å². The van der Waals surface area contributed by atoms with Crippen molar-refractivity contribution >= 4 is 0 Å². The molecule has 0 aromatic carbocycles. The second-order valence-corrected chi connectivity index (χ2v) is 5.74. The van der Waals surface area contributed by atoms with Crippen molar-refractivity contribution in [3.05, 3.63) is 47.3 Å². The number of nitrogens with one attached hydrogen (secondary N) is 1. The summed E-state index contributed by atoms with van der Waals surface area (Å²) in [4.78, 5) is 2.30. The zero-order valence-electron chi connectivity index (χ0n) is 13.5. The first-order valence-corrected chi connectivity index (χ1v) is 7.64. The molecule has 0 amide bonds. The second-order valence-electron chi connectivity index (χ2n) is 5.74. The van der Waals surface area contributed by atoms with Crippen molar-refractivity contribution in [1.82, 2.24) is 10.2 Å². The van der Waals surface area contributed by atoms with E-state index in [4.69, 9.17) is 8.83 Å². The Kier molecular flexibility index (Phi) is 5.65. The Morgan fingerprint density at radius 3 is 2.62 bits per heavy atom. The van der Waals surface area contributed by atoms with Crippen molar-refractivity contribution < 1.29 is 8.83 Å². The van der Waals surface area contributed by atoms with Crippen LogP contribution in [-0.2, 0) is 19.6 Å². The highest BCUT2D eigenvalue weighted by molar-refractivity contribution is 5.20. The normalized spacial score (nSPS) is 11.7. The highest BCUT2D eigenvalue weighted by Gasteiger charge is 2.12. The summed E-state index contributed by atoms with van der Waals surface area (Å²) in [5.74, 6) is 3.04. The predicted octanol–water partition coefficient (Wildman–Crippen LogP) is 3.70. The van der Waals surface area contributed by atoms with Crippen molar-refractivity contribution in [2.24, 2.45) is 0 Å². The third-order valence-electron chi connectivity index (χ3n) is 3.53. The van der Waals surface area contributed by atoms with Gasteiger partial charge in [0.1, 0.15) is 17.3 Å². The first-order chi connectivity index (χ1) is 10.1. The molecule has 0 aliphatic rings. The molecule has 0 fully saturated rings. The molecular weight excluding hydrogens is 264 g/mol. The van der Waals surface area contributed by atoms with Gasteiger partial charge in [0.25, 0.3) is 0 Å². The average Bonchev–Trinajstić information content (AvgIpc) is 3.05. The van der Waals surface area contributed by atoms with Gasteiger partial charge < -0.3 is 14.2 Å². The van der Waals surface area contributed by atoms with Crippen LogP contribution in [0.1, 0.15) is 43.6 Å². The SMILES string of the molecule is CCN(Cc1ccco1)Cc1cc(C)c(CNC(C)C)o1. The Balaban J connectivity index is 1.96. The lowest BCUT2D eigenvalue weighted by Gasteiger charge is -2.17. The monoisotopic (exact) mass is 290 g/mol. The van der Waals surface area contributed by atoms with Crippen molar-refractivity contribution in [1.29, 1.82) is 0 Å². The van der Waals surface area contributed by atoms with Gasteiger partial charge in [-0.3, -0.25) is 4.90 Å². The van der Waals surface area contributed by atoms with E-state index in [-0.39, 0.29) is 0 Å². The minimum Gasteiger partial charge on any atom is -0.468 e. The fraction of sp³-hybridized carbons (Fsp3) is 0.529. The van der Waals surface area contributed by atoms with E-state index in [1.165, 1.54) is 5.56 Å². The van der Waals surface area contributed by atoms with Crippen molar-refractivity contribution in [2.45, 2.75) is 53.4 Å². The second kappa shape index (κ2) is 7.48. The Labute approximate surface area is 127 Å². The van der Waals surface area contributed by atoms with Gasteiger partial charge in [0.15, 0.2) is 0 Å². The predicted molar refractivity (Wildman–Crippen MR) is 83.9 cm³/mol. The lowest BCUT2D eigenvalue weighted by molar-refractivity contribution is 0.226. The van der Waals surface area contributed by atoms with E-state index in [1.807, 2.05) is 12.1 Å². The third kappa shape index (κ3) is 4.76. The van der Waals surface area contributed by atoms with Crippen LogP contribution < -0.4 is 5.32 Å². The molecule has 4 heteroatoms. The molecule has 2 aromatic heterocycles. The molecule has 0 bridgehead atoms. The van der Waals surface area contributed by atoms with Crippen LogP contribution in [-0.4, -0.2) is 17.5 Å². The van der Waals surface area contributed by atoms with E-state index in [0.29, 0.717) is 6.04 Å². The molecule has 2 rings (SSSR count). The maximum atomic E-state index is 5.98. The summed E-state index contributed by atoms with van der Waals surface area (Å²) < 4.78 is 11.4. The molecule has 2 aromatic rings. The van der Waals surface area contributed by atoms with Gasteiger partial charge in [-0.2, -0.15) is 0 Å². The summed E-state index contributed by atoms with van der Waals surface area (Å²) in [5.41, 5.74) is 1.22.